The molecule has 4 rings (SSSR count). The molecule has 4 heterocycles. The van der Waals surface area contributed by atoms with E-state index in [2.05, 4.69) is 19.9 Å². The maximum Gasteiger partial charge on any atom is 0.222 e. The molecule has 0 bridgehead atoms. The topological polar surface area (TPSA) is 63.5 Å². The van der Waals surface area contributed by atoms with E-state index in [4.69, 9.17) is 4.74 Å². The average Bonchev–Trinajstić information content (AvgIpc) is 3.23. The SMILES string of the molecule is Cc1nc(CN2CCC3(CCC(=O)N(C[C@@H]4CCCO4)C3)CC2)n(C)n1. The van der Waals surface area contributed by atoms with Crippen molar-refractivity contribution in [1.82, 2.24) is 24.6 Å². The second-order valence-corrected chi connectivity index (χ2v) is 8.38. The van der Waals surface area contributed by atoms with Gasteiger partial charge in [0, 0.05) is 33.2 Å². The van der Waals surface area contributed by atoms with E-state index in [1.165, 1.54) is 12.8 Å². The highest BCUT2D eigenvalue weighted by Crippen LogP contribution is 2.40. The summed E-state index contributed by atoms with van der Waals surface area (Å²) in [5.74, 6) is 2.20. The quantitative estimate of drug-likeness (QED) is 0.813. The van der Waals surface area contributed by atoms with E-state index in [1.54, 1.807) is 0 Å². The summed E-state index contributed by atoms with van der Waals surface area (Å²) in [4.78, 5) is 21.5. The van der Waals surface area contributed by atoms with Crippen LogP contribution in [0.3, 0.4) is 0 Å². The van der Waals surface area contributed by atoms with Crippen LogP contribution < -0.4 is 0 Å². The fourth-order valence-electron chi connectivity index (χ4n) is 4.79. The smallest absolute Gasteiger partial charge is 0.222 e. The maximum atomic E-state index is 12.4. The van der Waals surface area contributed by atoms with Crippen molar-refractivity contribution in [3.8, 4) is 0 Å². The van der Waals surface area contributed by atoms with Crippen molar-refractivity contribution >= 4 is 5.91 Å². The van der Waals surface area contributed by atoms with Crippen LogP contribution in [0.2, 0.25) is 0 Å². The van der Waals surface area contributed by atoms with Gasteiger partial charge in [0.1, 0.15) is 11.6 Å². The molecule has 0 N–H and O–H groups in total. The Morgan fingerprint density at radius 2 is 2.08 bits per heavy atom. The van der Waals surface area contributed by atoms with Gasteiger partial charge in [-0.3, -0.25) is 14.4 Å². The van der Waals surface area contributed by atoms with E-state index in [-0.39, 0.29) is 6.10 Å². The van der Waals surface area contributed by atoms with Crippen LogP contribution in [-0.4, -0.2) is 69.4 Å². The molecule has 0 radical (unpaired) electrons. The molecular formula is C19H31N5O2. The van der Waals surface area contributed by atoms with E-state index < -0.39 is 0 Å². The Hall–Kier alpha value is -1.47. The van der Waals surface area contributed by atoms with Crippen molar-refractivity contribution in [3.63, 3.8) is 0 Å². The van der Waals surface area contributed by atoms with Gasteiger partial charge >= 0.3 is 0 Å². The van der Waals surface area contributed by atoms with Gasteiger partial charge in [0.05, 0.1) is 12.6 Å². The molecular weight excluding hydrogens is 330 g/mol. The van der Waals surface area contributed by atoms with Crippen molar-refractivity contribution < 1.29 is 9.53 Å². The van der Waals surface area contributed by atoms with E-state index in [9.17, 15) is 4.79 Å². The van der Waals surface area contributed by atoms with Gasteiger partial charge in [0.15, 0.2) is 0 Å². The van der Waals surface area contributed by atoms with Crippen LogP contribution >= 0.6 is 0 Å². The third kappa shape index (κ3) is 3.78. The van der Waals surface area contributed by atoms with Crippen molar-refractivity contribution in [3.05, 3.63) is 11.6 Å². The minimum Gasteiger partial charge on any atom is -0.376 e. The van der Waals surface area contributed by atoms with E-state index in [0.717, 1.165) is 70.2 Å². The molecule has 1 spiro atoms. The highest BCUT2D eigenvalue weighted by molar-refractivity contribution is 5.77. The number of amides is 1. The zero-order valence-corrected chi connectivity index (χ0v) is 16.1. The normalized spacial score (nSPS) is 26.8. The first-order chi connectivity index (χ1) is 12.5. The molecule has 0 aromatic carbocycles. The molecule has 0 aliphatic carbocycles. The summed E-state index contributed by atoms with van der Waals surface area (Å²) in [7, 11) is 1.97. The summed E-state index contributed by atoms with van der Waals surface area (Å²) < 4.78 is 7.65. The molecule has 3 saturated heterocycles. The van der Waals surface area contributed by atoms with Crippen molar-refractivity contribution in [1.29, 1.82) is 0 Å². The lowest BCUT2D eigenvalue weighted by Gasteiger charge is -2.47. The Bertz CT molecular complexity index is 644. The number of hydrogen-bond donors (Lipinski definition) is 0. The number of carbonyl (C=O) groups excluding carboxylic acids is 1. The third-order valence-electron chi connectivity index (χ3n) is 6.44. The molecule has 1 atom stereocenters. The molecule has 0 saturated carbocycles. The predicted octanol–water partition coefficient (Wildman–Crippen LogP) is 1.51. The van der Waals surface area contributed by atoms with Crippen LogP contribution in [0.1, 0.15) is 50.2 Å². The number of nitrogens with zero attached hydrogens (tertiary/aromatic N) is 5. The van der Waals surface area contributed by atoms with Gasteiger partial charge in [-0.2, -0.15) is 5.10 Å². The van der Waals surface area contributed by atoms with Crippen LogP contribution in [0.25, 0.3) is 0 Å². The Morgan fingerprint density at radius 3 is 2.73 bits per heavy atom. The average molecular weight is 361 g/mol. The van der Waals surface area contributed by atoms with Gasteiger partial charge in [0.25, 0.3) is 0 Å². The number of ether oxygens (including phenoxy) is 1. The van der Waals surface area contributed by atoms with Crippen molar-refractivity contribution in [2.45, 2.75) is 58.1 Å². The monoisotopic (exact) mass is 361 g/mol. The van der Waals surface area contributed by atoms with Crippen LogP contribution in [0.15, 0.2) is 0 Å². The highest BCUT2D eigenvalue weighted by atomic mass is 16.5. The van der Waals surface area contributed by atoms with Crippen LogP contribution in [0.5, 0.6) is 0 Å². The Kier molecular flexibility index (Phi) is 5.01. The number of hydrogen-bond acceptors (Lipinski definition) is 5. The number of rotatable bonds is 4. The van der Waals surface area contributed by atoms with Crippen molar-refractivity contribution in [2.24, 2.45) is 12.5 Å². The van der Waals surface area contributed by atoms with Gasteiger partial charge in [-0.15, -0.1) is 0 Å². The van der Waals surface area contributed by atoms with Gasteiger partial charge in [-0.25, -0.2) is 4.98 Å². The Morgan fingerprint density at radius 1 is 1.27 bits per heavy atom. The molecule has 3 fully saturated rings. The predicted molar refractivity (Wildman–Crippen MR) is 97.5 cm³/mol. The lowest BCUT2D eigenvalue weighted by molar-refractivity contribution is -0.141. The first-order valence-electron chi connectivity index (χ1n) is 10.0. The third-order valence-corrected chi connectivity index (χ3v) is 6.44. The summed E-state index contributed by atoms with van der Waals surface area (Å²) in [6, 6.07) is 0. The molecule has 3 aliphatic heterocycles. The summed E-state index contributed by atoms with van der Waals surface area (Å²) >= 11 is 0. The Labute approximate surface area is 155 Å². The van der Waals surface area contributed by atoms with E-state index >= 15 is 0 Å². The summed E-state index contributed by atoms with van der Waals surface area (Å²) in [5.41, 5.74) is 0.304. The molecule has 7 heteroatoms. The van der Waals surface area contributed by atoms with Crippen LogP contribution in [-0.2, 0) is 23.1 Å². The van der Waals surface area contributed by atoms with Gasteiger partial charge in [0.2, 0.25) is 5.91 Å². The highest BCUT2D eigenvalue weighted by Gasteiger charge is 2.41. The summed E-state index contributed by atoms with van der Waals surface area (Å²) in [6.07, 6.45) is 6.57. The van der Waals surface area contributed by atoms with E-state index in [1.807, 2.05) is 18.7 Å². The van der Waals surface area contributed by atoms with Crippen LogP contribution in [0, 0.1) is 12.3 Å². The molecule has 3 aliphatic rings. The second kappa shape index (κ2) is 7.27. The molecule has 1 amide bonds. The molecule has 0 unspecified atom stereocenters. The summed E-state index contributed by atoms with van der Waals surface area (Å²) in [6.45, 7) is 7.53. The fourth-order valence-corrected chi connectivity index (χ4v) is 4.79. The zero-order chi connectivity index (χ0) is 18.1. The zero-order valence-electron chi connectivity index (χ0n) is 16.1. The van der Waals surface area contributed by atoms with Crippen molar-refractivity contribution in [2.75, 3.05) is 32.8 Å². The maximum absolute atomic E-state index is 12.4. The Balaban J connectivity index is 1.33. The molecule has 26 heavy (non-hydrogen) atoms. The van der Waals surface area contributed by atoms with Gasteiger partial charge in [-0.1, -0.05) is 0 Å². The van der Waals surface area contributed by atoms with Gasteiger partial charge < -0.3 is 9.64 Å². The minimum atomic E-state index is 0.258. The minimum absolute atomic E-state index is 0.258. The van der Waals surface area contributed by atoms with Crippen LogP contribution in [0.4, 0.5) is 0 Å². The number of aromatic nitrogens is 3. The number of aryl methyl sites for hydroxylation is 2. The van der Waals surface area contributed by atoms with E-state index in [0.29, 0.717) is 17.7 Å². The second-order valence-electron chi connectivity index (χ2n) is 8.38. The van der Waals surface area contributed by atoms with Gasteiger partial charge in [-0.05, 0) is 57.5 Å². The number of likely N-dealkylation sites (tertiary alicyclic amines) is 2. The first-order valence-corrected chi connectivity index (χ1v) is 10.0. The fraction of sp³-hybridized carbons (Fsp3) is 0.842. The lowest BCUT2D eigenvalue weighted by Crippen LogP contribution is -2.52. The number of carbonyl (C=O) groups is 1. The number of piperidine rings is 2. The largest absolute Gasteiger partial charge is 0.376 e. The lowest BCUT2D eigenvalue weighted by atomic mass is 9.72. The molecule has 1 aromatic heterocycles. The molecule has 1 aromatic rings. The standard InChI is InChI=1S/C19H31N5O2/c1-15-20-17(22(2)21-15)13-23-9-7-19(8-10-23)6-5-18(25)24(14-19)12-16-4-3-11-26-16/h16H,3-14H2,1-2H3/t16-/m0/s1. The first kappa shape index (κ1) is 17.9. The molecule has 7 nitrogen and oxygen atoms in total. The summed E-state index contributed by atoms with van der Waals surface area (Å²) in [5, 5.41) is 4.35. The molecule has 144 valence electrons.